The van der Waals surface area contributed by atoms with Gasteiger partial charge in [0.05, 0.1) is 0 Å². The number of anilines is 1. The summed E-state index contributed by atoms with van der Waals surface area (Å²) in [6.45, 7) is 6.77. The average Bonchev–Trinajstić information content (AvgIpc) is 3.00. The number of carbonyl (C=O) groups is 1. The molecule has 1 aromatic heterocycles. The monoisotopic (exact) mass is 362 g/mol. The predicted octanol–water partition coefficient (Wildman–Crippen LogP) is 2.10. The molecule has 1 aromatic carbocycles. The van der Waals surface area contributed by atoms with E-state index in [2.05, 4.69) is 40.0 Å². The van der Waals surface area contributed by atoms with E-state index in [0.29, 0.717) is 24.2 Å². The summed E-state index contributed by atoms with van der Waals surface area (Å²) < 4.78 is 7.03. The number of ether oxygens (including phenoxy) is 1. The number of tetrazole rings is 1. The lowest BCUT2D eigenvalue weighted by Crippen LogP contribution is -2.37. The van der Waals surface area contributed by atoms with E-state index >= 15 is 0 Å². The maximum absolute atomic E-state index is 11.9. The lowest BCUT2D eigenvalue weighted by molar-refractivity contribution is -0.121. The van der Waals surface area contributed by atoms with E-state index in [4.69, 9.17) is 17.0 Å². The lowest BCUT2D eigenvalue weighted by atomic mass is 10.0. The Kier molecular flexibility index (Phi) is 6.81. The third-order valence-corrected chi connectivity index (χ3v) is 3.57. The number of benzene rings is 1. The van der Waals surface area contributed by atoms with Crippen LogP contribution in [-0.2, 0) is 11.3 Å². The normalized spacial score (nSPS) is 10.6. The summed E-state index contributed by atoms with van der Waals surface area (Å²) in [5.74, 6) is 1.10. The highest BCUT2D eigenvalue weighted by Gasteiger charge is 2.10. The number of hydrogen-bond acceptors (Lipinski definition) is 6. The number of aryl methyl sites for hydroxylation is 1. The van der Waals surface area contributed by atoms with Gasteiger partial charge >= 0.3 is 0 Å². The van der Waals surface area contributed by atoms with Gasteiger partial charge in [0, 0.05) is 6.54 Å². The summed E-state index contributed by atoms with van der Waals surface area (Å²) in [6.07, 6.45) is 0.877. The van der Waals surface area contributed by atoms with E-state index in [1.54, 1.807) is 4.68 Å². The zero-order valence-electron chi connectivity index (χ0n) is 14.5. The minimum Gasteiger partial charge on any atom is -0.484 e. The van der Waals surface area contributed by atoms with Crippen LogP contribution in [0.1, 0.15) is 38.7 Å². The Bertz CT molecular complexity index is 714. The molecule has 2 N–H and O–H groups in total. The molecule has 0 aliphatic heterocycles. The van der Waals surface area contributed by atoms with Crippen molar-refractivity contribution in [2.75, 3.05) is 11.9 Å². The number of hydrogen-bond donors (Lipinski definition) is 2. The Balaban J connectivity index is 1.79. The van der Waals surface area contributed by atoms with Gasteiger partial charge < -0.3 is 4.74 Å². The Morgan fingerprint density at radius 2 is 2.04 bits per heavy atom. The fourth-order valence-electron chi connectivity index (χ4n) is 2.05. The number of nitrogens with one attached hydrogen (secondary N) is 2. The van der Waals surface area contributed by atoms with Gasteiger partial charge in [-0.1, -0.05) is 38.0 Å². The Morgan fingerprint density at radius 3 is 2.68 bits per heavy atom. The summed E-state index contributed by atoms with van der Waals surface area (Å²) in [5, 5.41) is 16.7. The standard InChI is InChI=1S/C16H22N6O2S/c1-4-9-22-15(19-20-21-22)18-16(25)17-14(23)10-24-13-7-5-12(6-8-13)11(2)3/h5-8,11H,4,9-10H2,1-3H3,(H2,17,18,19,21,23,25). The fraction of sp³-hybridized carbons (Fsp3) is 0.438. The van der Waals surface area contributed by atoms with Crippen LogP contribution in [0, 0.1) is 0 Å². The first kappa shape index (κ1) is 18.8. The second kappa shape index (κ2) is 9.07. The molecular weight excluding hydrogens is 340 g/mol. The zero-order chi connectivity index (χ0) is 18.2. The molecule has 1 heterocycles. The van der Waals surface area contributed by atoms with Crippen molar-refractivity contribution < 1.29 is 9.53 Å². The van der Waals surface area contributed by atoms with Crippen LogP contribution in [0.25, 0.3) is 0 Å². The molecule has 0 radical (unpaired) electrons. The lowest BCUT2D eigenvalue weighted by Gasteiger charge is -2.11. The van der Waals surface area contributed by atoms with Crippen molar-refractivity contribution >= 4 is 29.2 Å². The smallest absolute Gasteiger partial charge is 0.264 e. The van der Waals surface area contributed by atoms with E-state index < -0.39 is 0 Å². The molecule has 0 saturated heterocycles. The van der Waals surface area contributed by atoms with Crippen LogP contribution in [0.5, 0.6) is 5.75 Å². The fourth-order valence-corrected chi connectivity index (χ4v) is 2.26. The Morgan fingerprint density at radius 1 is 1.32 bits per heavy atom. The van der Waals surface area contributed by atoms with Crippen LogP contribution in [0.4, 0.5) is 5.95 Å². The summed E-state index contributed by atoms with van der Waals surface area (Å²) in [7, 11) is 0. The van der Waals surface area contributed by atoms with Gasteiger partial charge in [0.25, 0.3) is 5.91 Å². The van der Waals surface area contributed by atoms with Crippen LogP contribution < -0.4 is 15.4 Å². The summed E-state index contributed by atoms with van der Waals surface area (Å²) in [6, 6.07) is 7.66. The summed E-state index contributed by atoms with van der Waals surface area (Å²) in [4.78, 5) is 11.9. The molecule has 2 aromatic rings. The molecule has 8 nitrogen and oxygen atoms in total. The average molecular weight is 362 g/mol. The predicted molar refractivity (Wildman–Crippen MR) is 98.5 cm³/mol. The maximum atomic E-state index is 11.9. The third kappa shape index (κ3) is 5.79. The topological polar surface area (TPSA) is 94.0 Å². The van der Waals surface area contributed by atoms with Crippen molar-refractivity contribution in [3.63, 3.8) is 0 Å². The van der Waals surface area contributed by atoms with E-state index in [9.17, 15) is 4.79 Å². The van der Waals surface area contributed by atoms with Crippen molar-refractivity contribution in [1.82, 2.24) is 25.5 Å². The van der Waals surface area contributed by atoms with E-state index in [1.165, 1.54) is 5.56 Å². The minimum atomic E-state index is -0.361. The van der Waals surface area contributed by atoms with Gasteiger partial charge in [-0.15, -0.1) is 0 Å². The largest absolute Gasteiger partial charge is 0.484 e. The number of nitrogens with zero attached hydrogens (tertiary/aromatic N) is 4. The van der Waals surface area contributed by atoms with Gasteiger partial charge in [0.1, 0.15) is 5.75 Å². The molecule has 0 bridgehead atoms. The van der Waals surface area contributed by atoms with Crippen LogP contribution in [-0.4, -0.2) is 37.8 Å². The number of carbonyl (C=O) groups excluding carboxylic acids is 1. The van der Waals surface area contributed by atoms with E-state index in [-0.39, 0.29) is 17.6 Å². The number of thiocarbonyl (C=S) groups is 1. The van der Waals surface area contributed by atoms with Gasteiger partial charge in [0.15, 0.2) is 11.7 Å². The van der Waals surface area contributed by atoms with Gasteiger partial charge in [-0.25, -0.2) is 4.68 Å². The van der Waals surface area contributed by atoms with Crippen LogP contribution >= 0.6 is 12.2 Å². The SMILES string of the molecule is CCCn1nnnc1NC(=S)NC(=O)COc1ccc(C(C)C)cc1. The Hall–Kier alpha value is -2.55. The molecular formula is C16H22N6O2S. The first-order valence-electron chi connectivity index (χ1n) is 8.09. The molecule has 1 amide bonds. The highest BCUT2D eigenvalue weighted by Crippen LogP contribution is 2.18. The molecule has 0 atom stereocenters. The van der Waals surface area contributed by atoms with Crippen molar-refractivity contribution in [3.05, 3.63) is 29.8 Å². The number of rotatable bonds is 7. The Labute approximate surface area is 151 Å². The second-order valence-electron chi connectivity index (χ2n) is 5.74. The first-order valence-corrected chi connectivity index (χ1v) is 8.50. The van der Waals surface area contributed by atoms with Crippen molar-refractivity contribution in [2.24, 2.45) is 0 Å². The summed E-state index contributed by atoms with van der Waals surface area (Å²) >= 11 is 5.09. The molecule has 134 valence electrons. The molecule has 9 heteroatoms. The van der Waals surface area contributed by atoms with Gasteiger partial charge in [-0.3, -0.25) is 15.4 Å². The maximum Gasteiger partial charge on any atom is 0.264 e. The molecule has 0 saturated carbocycles. The minimum absolute atomic E-state index is 0.121. The molecule has 0 aliphatic carbocycles. The molecule has 0 unspecified atom stereocenters. The molecule has 25 heavy (non-hydrogen) atoms. The van der Waals surface area contributed by atoms with Gasteiger partial charge in [-0.05, 0) is 52.7 Å². The first-order chi connectivity index (χ1) is 12.0. The number of aromatic nitrogens is 4. The van der Waals surface area contributed by atoms with Gasteiger partial charge in [0.2, 0.25) is 5.95 Å². The van der Waals surface area contributed by atoms with Crippen molar-refractivity contribution in [2.45, 2.75) is 39.7 Å². The quantitative estimate of drug-likeness (QED) is 0.728. The molecule has 0 fully saturated rings. The third-order valence-electron chi connectivity index (χ3n) is 3.36. The highest BCUT2D eigenvalue weighted by atomic mass is 32.1. The van der Waals surface area contributed by atoms with Crippen molar-refractivity contribution in [3.8, 4) is 5.75 Å². The van der Waals surface area contributed by atoms with Crippen LogP contribution in [0.3, 0.4) is 0 Å². The van der Waals surface area contributed by atoms with Gasteiger partial charge in [-0.2, -0.15) is 0 Å². The molecule has 0 spiro atoms. The van der Waals surface area contributed by atoms with Crippen LogP contribution in [0.15, 0.2) is 24.3 Å². The summed E-state index contributed by atoms with van der Waals surface area (Å²) in [5.41, 5.74) is 1.21. The van der Waals surface area contributed by atoms with E-state index in [0.717, 1.165) is 6.42 Å². The van der Waals surface area contributed by atoms with E-state index in [1.807, 2.05) is 31.2 Å². The highest BCUT2D eigenvalue weighted by molar-refractivity contribution is 7.80. The second-order valence-corrected chi connectivity index (χ2v) is 6.15. The van der Waals surface area contributed by atoms with Crippen molar-refractivity contribution in [1.29, 1.82) is 0 Å². The van der Waals surface area contributed by atoms with Crippen LogP contribution in [0.2, 0.25) is 0 Å². The number of amides is 1. The molecule has 0 aliphatic rings. The zero-order valence-corrected chi connectivity index (χ0v) is 15.3. The molecule has 2 rings (SSSR count).